The zero-order valence-corrected chi connectivity index (χ0v) is 25.3. The second kappa shape index (κ2) is 13.7. The summed E-state index contributed by atoms with van der Waals surface area (Å²) in [4.78, 5) is 0. The second-order valence-electron chi connectivity index (χ2n) is 11.2. The SMILES string of the molecule is C/C(=C\c1ccc(/C=C/c2cc(/C=C/c3ccc(/C=C(\C)c4ccccc4)cc3)c3ccccc3c2)cc1)c1ccccc1. The molecular formula is C44H36. The molecule has 0 aliphatic rings. The molecule has 0 saturated carbocycles. The zero-order valence-electron chi connectivity index (χ0n) is 25.3. The number of hydrogen-bond donors (Lipinski definition) is 0. The van der Waals surface area contributed by atoms with Crippen molar-refractivity contribution in [1.82, 2.24) is 0 Å². The molecule has 0 nitrogen and oxygen atoms in total. The Bertz CT molecular complexity index is 1970. The first-order chi connectivity index (χ1) is 21.6. The quantitative estimate of drug-likeness (QED) is 0.161. The lowest BCUT2D eigenvalue weighted by atomic mass is 9.98. The van der Waals surface area contributed by atoms with Gasteiger partial charge in [-0.25, -0.2) is 0 Å². The average molecular weight is 565 g/mol. The standard InChI is InChI=1S/C44H36/c1-33(40-11-5-3-6-12-40)29-37-22-17-35(18-23-37)21-26-39-31-42-15-9-10-16-44(42)43(32-39)28-27-36-19-24-38(25-20-36)30-34(2)41-13-7-4-8-14-41/h3-32H,1-2H3/b26-21+,28-27+,33-29+,34-30+. The zero-order chi connectivity index (χ0) is 30.1. The van der Waals surface area contributed by atoms with Crippen molar-refractivity contribution in [2.45, 2.75) is 13.8 Å². The molecule has 0 fully saturated rings. The van der Waals surface area contributed by atoms with Gasteiger partial charge in [0.25, 0.3) is 0 Å². The second-order valence-corrected chi connectivity index (χ2v) is 11.2. The average Bonchev–Trinajstić information content (AvgIpc) is 3.08. The fourth-order valence-corrected chi connectivity index (χ4v) is 5.45. The van der Waals surface area contributed by atoms with Crippen molar-refractivity contribution in [3.8, 4) is 0 Å². The summed E-state index contributed by atoms with van der Waals surface area (Å²) in [5.74, 6) is 0. The molecule has 0 radical (unpaired) electrons. The Morgan fingerprint density at radius 2 is 0.818 bits per heavy atom. The van der Waals surface area contributed by atoms with E-state index in [4.69, 9.17) is 0 Å². The smallest absolute Gasteiger partial charge is 0.0111 e. The third-order valence-electron chi connectivity index (χ3n) is 7.94. The normalized spacial score (nSPS) is 12.4. The highest BCUT2D eigenvalue weighted by Crippen LogP contribution is 2.25. The van der Waals surface area contributed by atoms with Crippen molar-refractivity contribution in [3.63, 3.8) is 0 Å². The predicted molar refractivity (Wildman–Crippen MR) is 195 cm³/mol. The Morgan fingerprint density at radius 3 is 1.36 bits per heavy atom. The summed E-state index contributed by atoms with van der Waals surface area (Å²) in [5, 5.41) is 2.49. The maximum Gasteiger partial charge on any atom is -0.0111 e. The maximum absolute atomic E-state index is 2.27. The molecule has 212 valence electrons. The van der Waals surface area contributed by atoms with Gasteiger partial charge in [0.05, 0.1) is 0 Å². The van der Waals surface area contributed by atoms with Gasteiger partial charge < -0.3 is 0 Å². The maximum atomic E-state index is 2.27. The van der Waals surface area contributed by atoms with Crippen LogP contribution in [0.3, 0.4) is 0 Å². The molecule has 0 spiro atoms. The van der Waals surface area contributed by atoms with E-state index in [1.54, 1.807) is 0 Å². The molecule has 0 aliphatic heterocycles. The molecule has 6 aromatic rings. The van der Waals surface area contributed by atoms with Gasteiger partial charge in [0.2, 0.25) is 0 Å². The van der Waals surface area contributed by atoms with Crippen LogP contribution < -0.4 is 0 Å². The minimum absolute atomic E-state index is 1.18. The van der Waals surface area contributed by atoms with Crippen LogP contribution in [0.1, 0.15) is 58.4 Å². The molecule has 0 atom stereocenters. The van der Waals surface area contributed by atoms with Gasteiger partial charge in [0, 0.05) is 0 Å². The summed E-state index contributed by atoms with van der Waals surface area (Å²) in [6.07, 6.45) is 13.3. The fourth-order valence-electron chi connectivity index (χ4n) is 5.45. The molecule has 0 bridgehead atoms. The molecule has 0 N–H and O–H groups in total. The minimum Gasteiger partial charge on any atom is -0.0622 e. The highest BCUT2D eigenvalue weighted by Gasteiger charge is 2.02. The van der Waals surface area contributed by atoms with Crippen LogP contribution in [0.4, 0.5) is 0 Å². The van der Waals surface area contributed by atoms with Crippen molar-refractivity contribution in [1.29, 1.82) is 0 Å². The van der Waals surface area contributed by atoms with Crippen LogP contribution in [0.25, 0.3) is 58.4 Å². The van der Waals surface area contributed by atoms with E-state index in [-0.39, 0.29) is 0 Å². The molecule has 6 aromatic carbocycles. The van der Waals surface area contributed by atoms with E-state index in [1.807, 2.05) is 0 Å². The fraction of sp³-hybridized carbons (Fsp3) is 0.0455. The number of rotatable bonds is 8. The van der Waals surface area contributed by atoms with Crippen molar-refractivity contribution >= 4 is 58.4 Å². The van der Waals surface area contributed by atoms with Gasteiger partial charge in [-0.1, -0.05) is 170 Å². The molecule has 0 amide bonds. The molecule has 44 heavy (non-hydrogen) atoms. The number of fused-ring (bicyclic) bond motifs is 1. The lowest BCUT2D eigenvalue weighted by molar-refractivity contribution is 1.57. The van der Waals surface area contributed by atoms with Crippen LogP contribution in [0, 0.1) is 0 Å². The molecule has 0 aliphatic carbocycles. The molecule has 0 aromatic heterocycles. The van der Waals surface area contributed by atoms with Gasteiger partial charge in [-0.3, -0.25) is 0 Å². The molecule has 6 rings (SSSR count). The topological polar surface area (TPSA) is 0 Å². The van der Waals surface area contributed by atoms with Crippen molar-refractivity contribution in [3.05, 3.63) is 190 Å². The summed E-state index contributed by atoms with van der Waals surface area (Å²) in [7, 11) is 0. The molecule has 0 saturated heterocycles. The van der Waals surface area contributed by atoms with Crippen molar-refractivity contribution < 1.29 is 0 Å². The monoisotopic (exact) mass is 564 g/mol. The first kappa shape index (κ1) is 28.6. The van der Waals surface area contributed by atoms with E-state index in [0.717, 1.165) is 0 Å². The van der Waals surface area contributed by atoms with Gasteiger partial charge >= 0.3 is 0 Å². The van der Waals surface area contributed by atoms with E-state index >= 15 is 0 Å². The van der Waals surface area contributed by atoms with Crippen LogP contribution in [0.2, 0.25) is 0 Å². The van der Waals surface area contributed by atoms with Crippen LogP contribution in [0.5, 0.6) is 0 Å². The minimum atomic E-state index is 1.18. The molecule has 0 unspecified atom stereocenters. The highest BCUT2D eigenvalue weighted by atomic mass is 14.1. The molecule has 0 heterocycles. The number of hydrogen-bond acceptors (Lipinski definition) is 0. The van der Waals surface area contributed by atoms with Gasteiger partial charge in [0.1, 0.15) is 0 Å². The van der Waals surface area contributed by atoms with Crippen molar-refractivity contribution in [2.75, 3.05) is 0 Å². The Kier molecular flexibility index (Phi) is 8.90. The summed E-state index contributed by atoms with van der Waals surface area (Å²) in [5.41, 5.74) is 12.2. The lowest BCUT2D eigenvalue weighted by Crippen LogP contribution is -1.83. The van der Waals surface area contributed by atoms with Crippen LogP contribution in [-0.4, -0.2) is 0 Å². The van der Waals surface area contributed by atoms with E-state index < -0.39 is 0 Å². The van der Waals surface area contributed by atoms with E-state index in [2.05, 4.69) is 196 Å². The van der Waals surface area contributed by atoms with Gasteiger partial charge in [-0.2, -0.15) is 0 Å². The Balaban J connectivity index is 1.19. The first-order valence-corrected chi connectivity index (χ1v) is 15.2. The first-order valence-electron chi connectivity index (χ1n) is 15.2. The molecular weight excluding hydrogens is 528 g/mol. The third-order valence-corrected chi connectivity index (χ3v) is 7.94. The Morgan fingerprint density at radius 1 is 0.386 bits per heavy atom. The van der Waals surface area contributed by atoms with Crippen LogP contribution in [0.15, 0.2) is 146 Å². The van der Waals surface area contributed by atoms with Gasteiger partial charge in [-0.05, 0) is 92.4 Å². The molecule has 0 heteroatoms. The van der Waals surface area contributed by atoms with Gasteiger partial charge in [0.15, 0.2) is 0 Å². The largest absolute Gasteiger partial charge is 0.0622 e. The lowest BCUT2D eigenvalue weighted by Gasteiger charge is -2.06. The highest BCUT2D eigenvalue weighted by molar-refractivity contribution is 5.95. The predicted octanol–water partition coefficient (Wildman–Crippen LogP) is 12.3. The third kappa shape index (κ3) is 7.30. The Hall–Kier alpha value is -5.46. The summed E-state index contributed by atoms with van der Waals surface area (Å²) >= 11 is 0. The van der Waals surface area contributed by atoms with E-state index in [0.29, 0.717) is 0 Å². The Labute approximate surface area is 261 Å². The van der Waals surface area contributed by atoms with E-state index in [1.165, 1.54) is 66.4 Å². The van der Waals surface area contributed by atoms with Crippen molar-refractivity contribution in [2.24, 2.45) is 0 Å². The van der Waals surface area contributed by atoms with Crippen LogP contribution in [-0.2, 0) is 0 Å². The number of benzene rings is 6. The summed E-state index contributed by atoms with van der Waals surface area (Å²) in [6.45, 7) is 4.32. The van der Waals surface area contributed by atoms with E-state index in [9.17, 15) is 0 Å². The number of allylic oxidation sites excluding steroid dienone is 2. The van der Waals surface area contributed by atoms with Gasteiger partial charge in [-0.15, -0.1) is 0 Å². The van der Waals surface area contributed by atoms with Crippen LogP contribution >= 0.6 is 0 Å². The summed E-state index contributed by atoms with van der Waals surface area (Å²) in [6, 6.07) is 51.7. The summed E-state index contributed by atoms with van der Waals surface area (Å²) < 4.78 is 0.